The number of carbonyl (C=O) groups is 2. The molecule has 8 nitrogen and oxygen atoms in total. The Kier molecular flexibility index (Phi) is 6.18. The van der Waals surface area contributed by atoms with Crippen LogP contribution in [0.5, 0.6) is 5.75 Å². The van der Waals surface area contributed by atoms with Gasteiger partial charge in [0.05, 0.1) is 18.5 Å². The van der Waals surface area contributed by atoms with E-state index in [0.29, 0.717) is 33.7 Å². The van der Waals surface area contributed by atoms with Gasteiger partial charge in [0.15, 0.2) is 5.13 Å². The van der Waals surface area contributed by atoms with Crippen molar-refractivity contribution in [1.82, 2.24) is 15.3 Å². The summed E-state index contributed by atoms with van der Waals surface area (Å²) in [6.45, 7) is 2.08. The van der Waals surface area contributed by atoms with E-state index in [0.717, 1.165) is 16.9 Å². The minimum Gasteiger partial charge on any atom is -0.495 e. The van der Waals surface area contributed by atoms with Gasteiger partial charge in [0.2, 0.25) is 0 Å². The Morgan fingerprint density at radius 1 is 1.14 bits per heavy atom. The smallest absolute Gasteiger partial charge is 0.325 e. The normalized spacial score (nSPS) is 10.2. The molecule has 0 spiro atoms. The van der Waals surface area contributed by atoms with Gasteiger partial charge >= 0.3 is 6.03 Å². The fourth-order valence-electron chi connectivity index (χ4n) is 2.42. The van der Waals surface area contributed by atoms with Crippen LogP contribution in [0.1, 0.15) is 20.9 Å². The molecular weight excluding hydrogens is 378 g/mol. The standard InChI is InChI=1S/C19H19N5O3S/c1-12-16(17(25)21-11-13-6-5-9-20-10-13)28-19(22-12)24-18(26)23-14-7-3-4-8-15(14)27-2/h3-10H,11H2,1-2H3,(H,21,25)(H2,22,23,24,26). The van der Waals surface area contributed by atoms with Crippen LogP contribution in [0.4, 0.5) is 15.6 Å². The Bertz CT molecular complexity index is 975. The Balaban J connectivity index is 1.61. The lowest BCUT2D eigenvalue weighted by Crippen LogP contribution is -2.22. The van der Waals surface area contributed by atoms with E-state index in [9.17, 15) is 9.59 Å². The third kappa shape index (κ3) is 4.83. The predicted molar refractivity (Wildman–Crippen MR) is 108 cm³/mol. The highest BCUT2D eigenvalue weighted by atomic mass is 32.1. The number of anilines is 2. The molecule has 0 aliphatic heterocycles. The van der Waals surface area contributed by atoms with Gasteiger partial charge in [0.1, 0.15) is 10.6 Å². The second-order valence-corrected chi connectivity index (χ2v) is 6.76. The summed E-state index contributed by atoms with van der Waals surface area (Å²) in [5, 5.41) is 8.50. The summed E-state index contributed by atoms with van der Waals surface area (Å²) in [6.07, 6.45) is 3.36. The highest BCUT2D eigenvalue weighted by molar-refractivity contribution is 7.17. The summed E-state index contributed by atoms with van der Waals surface area (Å²) in [5.74, 6) is 0.292. The summed E-state index contributed by atoms with van der Waals surface area (Å²) in [6, 6.07) is 10.3. The van der Waals surface area contributed by atoms with E-state index in [1.54, 1.807) is 37.5 Å². The maximum absolute atomic E-state index is 12.4. The summed E-state index contributed by atoms with van der Waals surface area (Å²) >= 11 is 1.11. The van der Waals surface area contributed by atoms with Crippen LogP contribution in [0, 0.1) is 6.92 Å². The van der Waals surface area contributed by atoms with Gasteiger partial charge in [0, 0.05) is 18.9 Å². The lowest BCUT2D eigenvalue weighted by molar-refractivity contribution is 0.0954. The van der Waals surface area contributed by atoms with E-state index in [4.69, 9.17) is 4.74 Å². The molecule has 0 saturated carbocycles. The van der Waals surface area contributed by atoms with Gasteiger partial charge in [-0.1, -0.05) is 29.5 Å². The number of aromatic nitrogens is 2. The van der Waals surface area contributed by atoms with Crippen LogP contribution >= 0.6 is 11.3 Å². The Labute approximate surface area is 166 Å². The molecule has 3 N–H and O–H groups in total. The monoisotopic (exact) mass is 397 g/mol. The molecule has 2 aromatic heterocycles. The van der Waals surface area contributed by atoms with Crippen molar-refractivity contribution < 1.29 is 14.3 Å². The zero-order chi connectivity index (χ0) is 19.9. The fraction of sp³-hybridized carbons (Fsp3) is 0.158. The highest BCUT2D eigenvalue weighted by Crippen LogP contribution is 2.25. The van der Waals surface area contributed by atoms with E-state index in [1.165, 1.54) is 7.11 Å². The molecule has 0 aliphatic carbocycles. The number of carbonyl (C=O) groups excluding carboxylic acids is 2. The molecule has 0 bridgehead atoms. The van der Waals surface area contributed by atoms with Crippen LogP contribution in [0.15, 0.2) is 48.8 Å². The largest absolute Gasteiger partial charge is 0.495 e. The fourth-order valence-corrected chi connectivity index (χ4v) is 3.30. The summed E-state index contributed by atoms with van der Waals surface area (Å²) in [4.78, 5) is 33.3. The zero-order valence-electron chi connectivity index (χ0n) is 15.4. The van der Waals surface area contributed by atoms with Crippen LogP contribution in [-0.4, -0.2) is 29.0 Å². The van der Waals surface area contributed by atoms with Crippen molar-refractivity contribution in [3.8, 4) is 5.75 Å². The molecule has 0 radical (unpaired) electrons. The molecule has 0 fully saturated rings. The molecule has 2 heterocycles. The molecule has 3 rings (SSSR count). The topological polar surface area (TPSA) is 105 Å². The molecule has 0 aliphatic rings. The third-order valence-corrected chi connectivity index (χ3v) is 4.83. The SMILES string of the molecule is COc1ccccc1NC(=O)Nc1nc(C)c(C(=O)NCc2cccnc2)s1. The van der Waals surface area contributed by atoms with Crippen LogP contribution in [0.25, 0.3) is 0 Å². The van der Waals surface area contributed by atoms with Crippen molar-refractivity contribution in [1.29, 1.82) is 0 Å². The number of rotatable bonds is 6. The quantitative estimate of drug-likeness (QED) is 0.591. The first-order valence-corrected chi connectivity index (χ1v) is 9.24. The number of aryl methyl sites for hydroxylation is 1. The summed E-state index contributed by atoms with van der Waals surface area (Å²) < 4.78 is 5.20. The molecule has 0 atom stereocenters. The number of urea groups is 1. The predicted octanol–water partition coefficient (Wildman–Crippen LogP) is 3.43. The average molecular weight is 397 g/mol. The first kappa shape index (κ1) is 19.3. The Hall–Kier alpha value is -3.46. The molecule has 1 aromatic carbocycles. The van der Waals surface area contributed by atoms with Crippen molar-refractivity contribution >= 4 is 34.1 Å². The van der Waals surface area contributed by atoms with Crippen LogP contribution in [0.2, 0.25) is 0 Å². The number of ether oxygens (including phenoxy) is 1. The second kappa shape index (κ2) is 8.96. The van der Waals surface area contributed by atoms with Gasteiger partial charge in [-0.3, -0.25) is 15.1 Å². The van der Waals surface area contributed by atoms with E-state index in [1.807, 2.05) is 18.2 Å². The number of hydrogen-bond acceptors (Lipinski definition) is 6. The number of nitrogens with one attached hydrogen (secondary N) is 3. The van der Waals surface area contributed by atoms with Crippen molar-refractivity contribution in [3.63, 3.8) is 0 Å². The first-order valence-electron chi connectivity index (χ1n) is 8.42. The van der Waals surface area contributed by atoms with Gasteiger partial charge < -0.3 is 15.4 Å². The number of amides is 3. The number of hydrogen-bond donors (Lipinski definition) is 3. The minimum absolute atomic E-state index is 0.253. The van der Waals surface area contributed by atoms with Crippen molar-refractivity contribution in [3.05, 3.63) is 64.9 Å². The maximum atomic E-state index is 12.4. The molecule has 3 aromatic rings. The van der Waals surface area contributed by atoms with Crippen molar-refractivity contribution in [2.24, 2.45) is 0 Å². The third-order valence-electron chi connectivity index (χ3n) is 3.75. The van der Waals surface area contributed by atoms with E-state index in [-0.39, 0.29) is 5.91 Å². The highest BCUT2D eigenvalue weighted by Gasteiger charge is 2.17. The maximum Gasteiger partial charge on any atom is 0.325 e. The van der Waals surface area contributed by atoms with Crippen LogP contribution < -0.4 is 20.7 Å². The van der Waals surface area contributed by atoms with E-state index >= 15 is 0 Å². The van der Waals surface area contributed by atoms with Crippen LogP contribution in [0.3, 0.4) is 0 Å². The lowest BCUT2D eigenvalue weighted by Gasteiger charge is -2.09. The van der Waals surface area contributed by atoms with Crippen LogP contribution in [-0.2, 0) is 6.54 Å². The molecule has 3 amide bonds. The minimum atomic E-state index is -0.472. The van der Waals surface area contributed by atoms with Gasteiger partial charge in [-0.05, 0) is 30.7 Å². The van der Waals surface area contributed by atoms with E-state index in [2.05, 4.69) is 25.9 Å². The molecular formula is C19H19N5O3S. The Morgan fingerprint density at radius 2 is 1.96 bits per heavy atom. The number of benzene rings is 1. The number of thiazole rings is 1. The second-order valence-electron chi connectivity index (χ2n) is 5.76. The molecule has 9 heteroatoms. The molecule has 28 heavy (non-hydrogen) atoms. The first-order chi connectivity index (χ1) is 13.6. The van der Waals surface area contributed by atoms with E-state index < -0.39 is 6.03 Å². The van der Waals surface area contributed by atoms with Crippen molar-refractivity contribution in [2.45, 2.75) is 13.5 Å². The average Bonchev–Trinajstić information content (AvgIpc) is 3.07. The molecule has 144 valence electrons. The summed E-state index contributed by atoms with van der Waals surface area (Å²) in [7, 11) is 1.53. The molecule has 0 unspecified atom stereocenters. The number of methoxy groups -OCH3 is 1. The van der Waals surface area contributed by atoms with Crippen molar-refractivity contribution in [2.75, 3.05) is 17.7 Å². The van der Waals surface area contributed by atoms with Gasteiger partial charge in [-0.2, -0.15) is 0 Å². The number of pyridine rings is 1. The van der Waals surface area contributed by atoms with Gasteiger partial charge in [-0.25, -0.2) is 9.78 Å². The zero-order valence-corrected chi connectivity index (χ0v) is 16.2. The number of para-hydroxylation sites is 2. The number of nitrogens with zero attached hydrogens (tertiary/aromatic N) is 2. The van der Waals surface area contributed by atoms with Gasteiger partial charge in [0.25, 0.3) is 5.91 Å². The van der Waals surface area contributed by atoms with Gasteiger partial charge in [-0.15, -0.1) is 0 Å². The molecule has 0 saturated heterocycles. The lowest BCUT2D eigenvalue weighted by atomic mass is 10.3. The Morgan fingerprint density at radius 3 is 2.71 bits per heavy atom. The summed E-state index contributed by atoms with van der Waals surface area (Å²) in [5.41, 5.74) is 1.97.